The monoisotopic (exact) mass is 293 g/mol. The Morgan fingerprint density at radius 2 is 2.00 bits per heavy atom. The fourth-order valence-corrected chi connectivity index (χ4v) is 2.25. The average molecular weight is 294 g/mol. The van der Waals surface area contributed by atoms with E-state index in [1.807, 2.05) is 38.2 Å². The third kappa shape index (κ3) is 3.50. The molecule has 1 N–H and O–H groups in total. The van der Waals surface area contributed by atoms with Crippen LogP contribution < -0.4 is 10.1 Å². The second kappa shape index (κ2) is 6.73. The molecule has 106 valence electrons. The van der Waals surface area contributed by atoms with Crippen molar-refractivity contribution in [3.8, 4) is 5.75 Å². The van der Waals surface area contributed by atoms with Crippen molar-refractivity contribution in [2.75, 3.05) is 7.05 Å². The zero-order chi connectivity index (χ0) is 14.5. The van der Waals surface area contributed by atoms with E-state index in [-0.39, 0.29) is 18.2 Å². The highest BCUT2D eigenvalue weighted by atomic mass is 35.5. The number of hydrogen-bond donors (Lipinski definition) is 1. The minimum absolute atomic E-state index is 0.247. The van der Waals surface area contributed by atoms with Gasteiger partial charge in [-0.1, -0.05) is 35.9 Å². The number of nitrogens with one attached hydrogen (secondary N) is 1. The van der Waals surface area contributed by atoms with Gasteiger partial charge in [0.2, 0.25) is 0 Å². The van der Waals surface area contributed by atoms with Crippen LogP contribution in [0.15, 0.2) is 36.4 Å². The molecular weight excluding hydrogens is 277 g/mol. The number of para-hydroxylation sites is 1. The third-order valence-electron chi connectivity index (χ3n) is 3.00. The molecule has 0 radical (unpaired) electrons. The molecule has 0 aliphatic carbocycles. The third-order valence-corrected chi connectivity index (χ3v) is 3.35. The summed E-state index contributed by atoms with van der Waals surface area (Å²) in [6.07, 6.45) is 0. The fourth-order valence-electron chi connectivity index (χ4n) is 1.96. The lowest BCUT2D eigenvalue weighted by molar-refractivity contribution is 0.286. The summed E-state index contributed by atoms with van der Waals surface area (Å²) in [5.74, 6) is -0.0838. The van der Waals surface area contributed by atoms with Crippen LogP contribution in [-0.2, 0) is 13.2 Å². The molecule has 0 saturated heterocycles. The van der Waals surface area contributed by atoms with Crippen molar-refractivity contribution >= 4 is 11.6 Å². The number of rotatable bonds is 5. The Kier molecular flexibility index (Phi) is 4.99. The van der Waals surface area contributed by atoms with E-state index in [0.717, 1.165) is 16.7 Å². The lowest BCUT2D eigenvalue weighted by atomic mass is 10.1. The molecule has 2 nitrogen and oxygen atoms in total. The molecule has 0 spiro atoms. The zero-order valence-electron chi connectivity index (χ0n) is 11.5. The fraction of sp³-hybridized carbons (Fsp3) is 0.250. The maximum absolute atomic E-state index is 13.9. The summed E-state index contributed by atoms with van der Waals surface area (Å²) in [4.78, 5) is 0. The van der Waals surface area contributed by atoms with Crippen LogP contribution in [0.3, 0.4) is 0 Å². The molecule has 0 unspecified atom stereocenters. The van der Waals surface area contributed by atoms with E-state index in [0.29, 0.717) is 11.6 Å². The number of aryl methyl sites for hydroxylation is 1. The van der Waals surface area contributed by atoms with Crippen molar-refractivity contribution < 1.29 is 9.13 Å². The van der Waals surface area contributed by atoms with Gasteiger partial charge in [-0.2, -0.15) is 0 Å². The maximum Gasteiger partial charge on any atom is 0.165 e. The van der Waals surface area contributed by atoms with Crippen molar-refractivity contribution in [2.45, 2.75) is 20.1 Å². The van der Waals surface area contributed by atoms with Crippen molar-refractivity contribution in [1.29, 1.82) is 0 Å². The molecule has 0 saturated carbocycles. The SMILES string of the molecule is CNCc1cccc(F)c1OCc1ccc(C)cc1Cl. The summed E-state index contributed by atoms with van der Waals surface area (Å²) in [7, 11) is 1.81. The average Bonchev–Trinajstić information content (AvgIpc) is 2.40. The minimum atomic E-state index is -0.360. The number of halogens is 2. The number of benzene rings is 2. The van der Waals surface area contributed by atoms with Gasteiger partial charge in [0.25, 0.3) is 0 Å². The van der Waals surface area contributed by atoms with Gasteiger partial charge in [0.1, 0.15) is 6.61 Å². The van der Waals surface area contributed by atoms with E-state index in [2.05, 4.69) is 5.32 Å². The van der Waals surface area contributed by atoms with E-state index < -0.39 is 0 Å². The zero-order valence-corrected chi connectivity index (χ0v) is 12.3. The largest absolute Gasteiger partial charge is 0.485 e. The summed E-state index contributed by atoms with van der Waals surface area (Å²) < 4.78 is 19.5. The molecule has 0 amide bonds. The van der Waals surface area contributed by atoms with E-state index in [4.69, 9.17) is 16.3 Å². The van der Waals surface area contributed by atoms with Gasteiger partial charge >= 0.3 is 0 Å². The predicted molar refractivity (Wildman–Crippen MR) is 79.7 cm³/mol. The lowest BCUT2D eigenvalue weighted by Gasteiger charge is -2.13. The second-order valence-electron chi connectivity index (χ2n) is 4.64. The van der Waals surface area contributed by atoms with Crippen molar-refractivity contribution in [1.82, 2.24) is 5.32 Å². The molecule has 2 rings (SSSR count). The Morgan fingerprint density at radius 1 is 1.20 bits per heavy atom. The van der Waals surface area contributed by atoms with Crippen molar-refractivity contribution in [2.24, 2.45) is 0 Å². The van der Waals surface area contributed by atoms with E-state index in [9.17, 15) is 4.39 Å². The Balaban J connectivity index is 2.18. The van der Waals surface area contributed by atoms with Gasteiger partial charge in [0.15, 0.2) is 11.6 Å². The summed E-state index contributed by atoms with van der Waals surface area (Å²) in [5, 5.41) is 3.63. The first kappa shape index (κ1) is 14.8. The van der Waals surface area contributed by atoms with Crippen LogP contribution in [0.2, 0.25) is 5.02 Å². The topological polar surface area (TPSA) is 21.3 Å². The van der Waals surface area contributed by atoms with E-state index in [1.54, 1.807) is 6.07 Å². The normalized spacial score (nSPS) is 10.6. The Morgan fingerprint density at radius 3 is 2.70 bits per heavy atom. The first-order valence-corrected chi connectivity index (χ1v) is 6.79. The minimum Gasteiger partial charge on any atom is -0.485 e. The van der Waals surface area contributed by atoms with E-state index >= 15 is 0 Å². The quantitative estimate of drug-likeness (QED) is 0.896. The molecule has 0 aliphatic heterocycles. The van der Waals surface area contributed by atoms with Crippen LogP contribution in [0, 0.1) is 12.7 Å². The van der Waals surface area contributed by atoms with Crippen LogP contribution in [-0.4, -0.2) is 7.05 Å². The van der Waals surface area contributed by atoms with Gasteiger partial charge in [-0.3, -0.25) is 0 Å². The summed E-state index contributed by atoms with van der Waals surface area (Å²) in [6, 6.07) is 10.6. The highest BCUT2D eigenvalue weighted by Gasteiger charge is 2.10. The van der Waals surface area contributed by atoms with E-state index in [1.165, 1.54) is 6.07 Å². The molecule has 2 aromatic carbocycles. The molecule has 0 bridgehead atoms. The molecule has 0 atom stereocenters. The Bertz CT molecular complexity index is 601. The molecular formula is C16H17ClFNO. The Hall–Kier alpha value is -1.58. The van der Waals surface area contributed by atoms with Gasteiger partial charge in [-0.05, 0) is 31.7 Å². The second-order valence-corrected chi connectivity index (χ2v) is 5.05. The molecule has 0 fully saturated rings. The summed E-state index contributed by atoms with van der Waals surface area (Å²) in [6.45, 7) is 2.77. The first-order valence-electron chi connectivity index (χ1n) is 6.41. The molecule has 2 aromatic rings. The summed E-state index contributed by atoms with van der Waals surface area (Å²) in [5.41, 5.74) is 2.71. The molecule has 20 heavy (non-hydrogen) atoms. The van der Waals surface area contributed by atoms with Crippen LogP contribution >= 0.6 is 11.6 Å². The molecule has 0 heterocycles. The van der Waals surface area contributed by atoms with Gasteiger partial charge < -0.3 is 10.1 Å². The van der Waals surface area contributed by atoms with Gasteiger partial charge in [-0.25, -0.2) is 4.39 Å². The Labute approximate surface area is 123 Å². The van der Waals surface area contributed by atoms with Crippen LogP contribution in [0.1, 0.15) is 16.7 Å². The first-order chi connectivity index (χ1) is 9.61. The molecule has 0 aromatic heterocycles. The van der Waals surface area contributed by atoms with Crippen molar-refractivity contribution in [3.63, 3.8) is 0 Å². The summed E-state index contributed by atoms with van der Waals surface area (Å²) >= 11 is 6.15. The lowest BCUT2D eigenvalue weighted by Crippen LogP contribution is -2.09. The van der Waals surface area contributed by atoms with Crippen LogP contribution in [0.25, 0.3) is 0 Å². The van der Waals surface area contributed by atoms with Gasteiger partial charge in [-0.15, -0.1) is 0 Å². The number of ether oxygens (including phenoxy) is 1. The van der Waals surface area contributed by atoms with Gasteiger partial charge in [0.05, 0.1) is 0 Å². The standard InChI is InChI=1S/C16H17ClFNO/c1-11-6-7-13(14(17)8-11)10-20-16-12(9-19-2)4-3-5-15(16)18/h3-8,19H,9-10H2,1-2H3. The van der Waals surface area contributed by atoms with Crippen molar-refractivity contribution in [3.05, 3.63) is 63.9 Å². The van der Waals surface area contributed by atoms with Gasteiger partial charge in [0, 0.05) is 22.7 Å². The predicted octanol–water partition coefficient (Wildman–Crippen LogP) is 4.09. The highest BCUT2D eigenvalue weighted by molar-refractivity contribution is 6.31. The highest BCUT2D eigenvalue weighted by Crippen LogP contribution is 2.25. The smallest absolute Gasteiger partial charge is 0.165 e. The maximum atomic E-state index is 13.9. The van der Waals surface area contributed by atoms with Crippen LogP contribution in [0.5, 0.6) is 5.75 Å². The number of hydrogen-bond acceptors (Lipinski definition) is 2. The van der Waals surface area contributed by atoms with Crippen LogP contribution in [0.4, 0.5) is 4.39 Å². The molecule has 0 aliphatic rings. The molecule has 4 heteroatoms.